The van der Waals surface area contributed by atoms with Crippen molar-refractivity contribution >= 4 is 34.4 Å². The predicted octanol–water partition coefficient (Wildman–Crippen LogP) is 4.49. The molecule has 0 bridgehead atoms. The van der Waals surface area contributed by atoms with E-state index in [1.807, 2.05) is 36.4 Å². The molecular formula is C25H23N3O5S. The summed E-state index contributed by atoms with van der Waals surface area (Å²) in [5.74, 6) is -1.67. The number of amides is 2. The summed E-state index contributed by atoms with van der Waals surface area (Å²) in [6, 6.07) is 15.2. The number of carboxylic acids is 1. The first-order valence-corrected chi connectivity index (χ1v) is 11.9. The number of aromatic nitrogens is 1. The Morgan fingerprint density at radius 1 is 1.06 bits per heavy atom. The number of aliphatic carboxylic acids is 1. The molecule has 1 saturated carbocycles. The molecule has 2 aliphatic carbocycles. The third-order valence-electron chi connectivity index (χ3n) is 6.46. The van der Waals surface area contributed by atoms with Gasteiger partial charge in [0.1, 0.15) is 17.5 Å². The van der Waals surface area contributed by atoms with E-state index < -0.39 is 24.0 Å². The van der Waals surface area contributed by atoms with E-state index in [9.17, 15) is 19.5 Å². The number of ether oxygens (including phenoxy) is 1. The summed E-state index contributed by atoms with van der Waals surface area (Å²) in [5.41, 5.74) is 4.52. The van der Waals surface area contributed by atoms with Crippen LogP contribution < -0.4 is 10.6 Å². The number of thiazole rings is 1. The van der Waals surface area contributed by atoms with Crippen LogP contribution >= 0.6 is 11.3 Å². The molecule has 3 N–H and O–H groups in total. The first kappa shape index (κ1) is 22.1. The first-order chi connectivity index (χ1) is 16.5. The zero-order valence-electron chi connectivity index (χ0n) is 18.2. The fraction of sp³-hybridized carbons (Fsp3) is 0.280. The Balaban J connectivity index is 1.19. The van der Waals surface area contributed by atoms with Gasteiger partial charge in [-0.05, 0) is 41.0 Å². The van der Waals surface area contributed by atoms with Crippen molar-refractivity contribution in [2.75, 3.05) is 11.9 Å². The van der Waals surface area contributed by atoms with Gasteiger partial charge in [-0.3, -0.25) is 10.1 Å². The molecule has 0 aliphatic heterocycles. The average molecular weight is 478 g/mol. The first-order valence-electron chi connectivity index (χ1n) is 11.1. The highest BCUT2D eigenvalue weighted by Crippen LogP contribution is 2.44. The Kier molecular flexibility index (Phi) is 6.02. The molecule has 9 heteroatoms. The van der Waals surface area contributed by atoms with Crippen LogP contribution in [0.1, 0.15) is 46.0 Å². The standard InChI is InChI=1S/C25H23N3O5S/c29-22(27-21(23(30)31)14-6-5-7-14)20-12-26-24(34-20)28-25(32)33-13-19-17-10-3-1-8-15(17)16-9-2-4-11-18(16)19/h1-4,8-12,14,19,21H,5-7,13H2,(H,27,29)(H,30,31)(H,26,28,32). The van der Waals surface area contributed by atoms with Crippen LogP contribution in [0.2, 0.25) is 0 Å². The van der Waals surface area contributed by atoms with Crippen LogP contribution in [0, 0.1) is 5.92 Å². The van der Waals surface area contributed by atoms with E-state index >= 15 is 0 Å². The number of carboxylic acid groups (broad SMARTS) is 1. The molecule has 8 nitrogen and oxygen atoms in total. The Morgan fingerprint density at radius 2 is 1.71 bits per heavy atom. The van der Waals surface area contributed by atoms with Crippen LogP contribution in [0.25, 0.3) is 11.1 Å². The second-order valence-corrected chi connectivity index (χ2v) is 9.49. The lowest BCUT2D eigenvalue weighted by Gasteiger charge is -2.31. The highest BCUT2D eigenvalue weighted by Gasteiger charge is 2.34. The molecule has 0 spiro atoms. The SMILES string of the molecule is O=C(Nc1ncc(C(=O)NC(C(=O)O)C2CCC2)s1)OCC1c2ccccc2-c2ccccc21. The molecule has 1 unspecified atom stereocenters. The molecule has 2 amide bonds. The molecule has 5 rings (SSSR count). The molecule has 1 aromatic heterocycles. The van der Waals surface area contributed by atoms with E-state index in [1.165, 1.54) is 6.20 Å². The van der Waals surface area contributed by atoms with Crippen LogP contribution in [-0.2, 0) is 9.53 Å². The number of hydrogen-bond donors (Lipinski definition) is 3. The number of hydrogen-bond acceptors (Lipinski definition) is 6. The van der Waals surface area contributed by atoms with Crippen molar-refractivity contribution < 1.29 is 24.2 Å². The number of nitrogens with zero attached hydrogens (tertiary/aromatic N) is 1. The number of fused-ring (bicyclic) bond motifs is 3. The predicted molar refractivity (Wildman–Crippen MR) is 127 cm³/mol. The van der Waals surface area contributed by atoms with Crippen LogP contribution in [0.15, 0.2) is 54.7 Å². The fourth-order valence-electron chi connectivity index (χ4n) is 4.53. The Hall–Kier alpha value is -3.72. The van der Waals surface area contributed by atoms with Gasteiger partial charge >= 0.3 is 12.1 Å². The second kappa shape index (κ2) is 9.26. The number of anilines is 1. The quantitative estimate of drug-likeness (QED) is 0.462. The summed E-state index contributed by atoms with van der Waals surface area (Å²) in [6.45, 7) is 0.167. The van der Waals surface area contributed by atoms with E-state index in [2.05, 4.69) is 27.8 Å². The van der Waals surface area contributed by atoms with E-state index in [-0.39, 0.29) is 28.5 Å². The number of nitrogens with one attached hydrogen (secondary N) is 2. The van der Waals surface area contributed by atoms with Gasteiger partial charge in [0.15, 0.2) is 5.13 Å². The third-order valence-corrected chi connectivity index (χ3v) is 7.37. The third kappa shape index (κ3) is 4.26. The van der Waals surface area contributed by atoms with E-state index in [1.54, 1.807) is 0 Å². The van der Waals surface area contributed by atoms with Crippen LogP contribution in [0.5, 0.6) is 0 Å². The summed E-state index contributed by atoms with van der Waals surface area (Å²) in [7, 11) is 0. The second-order valence-electron chi connectivity index (χ2n) is 8.46. The maximum Gasteiger partial charge on any atom is 0.413 e. The van der Waals surface area contributed by atoms with Crippen LogP contribution in [-0.4, -0.2) is 40.7 Å². The Labute approximate surface area is 200 Å². The molecule has 1 atom stereocenters. The topological polar surface area (TPSA) is 118 Å². The van der Waals surface area contributed by atoms with Gasteiger partial charge in [-0.15, -0.1) is 0 Å². The van der Waals surface area contributed by atoms with Crippen molar-refractivity contribution in [1.82, 2.24) is 10.3 Å². The zero-order chi connectivity index (χ0) is 23.7. The molecule has 0 saturated heterocycles. The van der Waals surface area contributed by atoms with Crippen molar-refractivity contribution in [1.29, 1.82) is 0 Å². The highest BCUT2D eigenvalue weighted by atomic mass is 32.1. The van der Waals surface area contributed by atoms with Crippen molar-refractivity contribution in [2.24, 2.45) is 5.92 Å². The summed E-state index contributed by atoms with van der Waals surface area (Å²) in [6.07, 6.45) is 3.20. The minimum atomic E-state index is -1.04. The van der Waals surface area contributed by atoms with Gasteiger partial charge in [0.05, 0.1) is 6.20 Å². The van der Waals surface area contributed by atoms with Gasteiger partial charge in [0.25, 0.3) is 5.91 Å². The largest absolute Gasteiger partial charge is 0.480 e. The van der Waals surface area contributed by atoms with Gasteiger partial charge in [0.2, 0.25) is 0 Å². The Bertz CT molecular complexity index is 1210. The van der Waals surface area contributed by atoms with Gasteiger partial charge in [-0.2, -0.15) is 0 Å². The average Bonchev–Trinajstić information content (AvgIpc) is 3.39. The maximum absolute atomic E-state index is 12.5. The monoisotopic (exact) mass is 477 g/mol. The summed E-state index contributed by atoms with van der Waals surface area (Å²) in [4.78, 5) is 40.7. The van der Waals surface area contributed by atoms with E-state index in [0.717, 1.165) is 52.9 Å². The smallest absolute Gasteiger partial charge is 0.413 e. The van der Waals surface area contributed by atoms with Gasteiger partial charge in [-0.1, -0.05) is 66.3 Å². The van der Waals surface area contributed by atoms with Crippen molar-refractivity contribution in [3.63, 3.8) is 0 Å². The van der Waals surface area contributed by atoms with Crippen molar-refractivity contribution in [3.05, 3.63) is 70.7 Å². The fourth-order valence-corrected chi connectivity index (χ4v) is 5.23. The van der Waals surface area contributed by atoms with E-state index in [0.29, 0.717) is 0 Å². The molecule has 0 radical (unpaired) electrons. The number of carbonyl (C=O) groups excluding carboxylic acids is 2. The lowest BCUT2D eigenvalue weighted by atomic mass is 9.79. The lowest BCUT2D eigenvalue weighted by Crippen LogP contribution is -2.47. The van der Waals surface area contributed by atoms with Gasteiger partial charge in [-0.25, -0.2) is 14.6 Å². The van der Waals surface area contributed by atoms with E-state index in [4.69, 9.17) is 4.74 Å². The van der Waals surface area contributed by atoms with Crippen molar-refractivity contribution in [3.8, 4) is 11.1 Å². The molecule has 1 heterocycles. The number of benzene rings is 2. The summed E-state index contributed by atoms with van der Waals surface area (Å²) < 4.78 is 5.50. The normalized spacial score (nSPS) is 15.5. The molecule has 34 heavy (non-hydrogen) atoms. The number of rotatable bonds is 7. The maximum atomic E-state index is 12.5. The van der Waals surface area contributed by atoms with Crippen molar-refractivity contribution in [2.45, 2.75) is 31.2 Å². The molecule has 3 aromatic rings. The molecular weight excluding hydrogens is 454 g/mol. The minimum absolute atomic E-state index is 0.0483. The summed E-state index contributed by atoms with van der Waals surface area (Å²) >= 11 is 0.968. The van der Waals surface area contributed by atoms with Crippen LogP contribution in [0.4, 0.5) is 9.93 Å². The highest BCUT2D eigenvalue weighted by molar-refractivity contribution is 7.17. The Morgan fingerprint density at radius 3 is 2.29 bits per heavy atom. The van der Waals surface area contributed by atoms with Gasteiger partial charge < -0.3 is 15.2 Å². The number of carbonyl (C=O) groups is 3. The zero-order valence-corrected chi connectivity index (χ0v) is 19.0. The summed E-state index contributed by atoms with van der Waals surface area (Å²) in [5, 5.41) is 14.7. The lowest BCUT2D eigenvalue weighted by molar-refractivity contribution is -0.141. The van der Waals surface area contributed by atoms with Gasteiger partial charge in [0, 0.05) is 5.92 Å². The van der Waals surface area contributed by atoms with Crippen LogP contribution in [0.3, 0.4) is 0 Å². The molecule has 174 valence electrons. The minimum Gasteiger partial charge on any atom is -0.480 e. The molecule has 2 aliphatic rings. The molecule has 2 aromatic carbocycles. The molecule has 1 fully saturated rings.